The lowest BCUT2D eigenvalue weighted by atomic mass is 10.2. The van der Waals surface area contributed by atoms with E-state index in [4.69, 9.17) is 0 Å². The third kappa shape index (κ3) is 2.80. The first-order valence-electron chi connectivity index (χ1n) is 8.13. The summed E-state index contributed by atoms with van der Waals surface area (Å²) in [6.07, 6.45) is 4.36. The van der Waals surface area contributed by atoms with Crippen molar-refractivity contribution in [3.05, 3.63) is 66.0 Å². The second-order valence-electron chi connectivity index (χ2n) is 5.88. The van der Waals surface area contributed by atoms with Crippen LogP contribution in [0, 0.1) is 0 Å². The van der Waals surface area contributed by atoms with Gasteiger partial charge in [0.2, 0.25) is 0 Å². The lowest BCUT2D eigenvalue weighted by molar-refractivity contribution is 0.0955. The molecule has 2 heterocycles. The van der Waals surface area contributed by atoms with Crippen LogP contribution in [0.1, 0.15) is 15.9 Å². The summed E-state index contributed by atoms with van der Waals surface area (Å²) in [5, 5.41) is 2.99. The first kappa shape index (κ1) is 14.6. The second kappa shape index (κ2) is 6.28. The Hall–Kier alpha value is -2.95. The maximum Gasteiger partial charge on any atom is 0.251 e. The molecular weight excluding hydrogens is 300 g/mol. The lowest BCUT2D eigenvalue weighted by Crippen LogP contribution is -2.34. The zero-order valence-corrected chi connectivity index (χ0v) is 13.3. The van der Waals surface area contributed by atoms with Crippen LogP contribution in [0.5, 0.6) is 0 Å². The van der Waals surface area contributed by atoms with Crippen molar-refractivity contribution in [2.75, 3.05) is 24.5 Å². The van der Waals surface area contributed by atoms with Crippen molar-refractivity contribution in [3.8, 4) is 0 Å². The van der Waals surface area contributed by atoms with Crippen LogP contribution in [-0.4, -0.2) is 35.5 Å². The van der Waals surface area contributed by atoms with Gasteiger partial charge in [-0.1, -0.05) is 18.2 Å². The molecule has 1 amide bonds. The molecule has 1 N–H and O–H groups in total. The Kier molecular flexibility index (Phi) is 3.83. The minimum Gasteiger partial charge on any atom is -0.369 e. The summed E-state index contributed by atoms with van der Waals surface area (Å²) >= 11 is 0. The first-order valence-corrected chi connectivity index (χ1v) is 8.13. The van der Waals surface area contributed by atoms with E-state index >= 15 is 0 Å². The van der Waals surface area contributed by atoms with Gasteiger partial charge in [-0.2, -0.15) is 0 Å². The van der Waals surface area contributed by atoms with Crippen LogP contribution < -0.4 is 10.2 Å². The molecule has 0 saturated heterocycles. The van der Waals surface area contributed by atoms with Crippen molar-refractivity contribution < 1.29 is 4.79 Å². The number of anilines is 1. The molecule has 1 aliphatic rings. The minimum absolute atomic E-state index is 0.0740. The van der Waals surface area contributed by atoms with E-state index in [-0.39, 0.29) is 5.91 Å². The Morgan fingerprint density at radius 2 is 1.92 bits per heavy atom. The number of para-hydroxylation sites is 1. The number of amides is 1. The molecule has 0 unspecified atom stereocenters. The van der Waals surface area contributed by atoms with Gasteiger partial charge in [0.15, 0.2) is 0 Å². The van der Waals surface area contributed by atoms with E-state index in [9.17, 15) is 4.79 Å². The Morgan fingerprint density at radius 1 is 1.08 bits per heavy atom. The molecule has 1 aromatic heterocycles. The number of carbonyl (C=O) groups excluding carboxylic acids is 1. The highest BCUT2D eigenvalue weighted by Crippen LogP contribution is 2.26. The van der Waals surface area contributed by atoms with Crippen LogP contribution in [0.15, 0.2) is 54.9 Å². The van der Waals surface area contributed by atoms with Gasteiger partial charge < -0.3 is 10.2 Å². The van der Waals surface area contributed by atoms with Gasteiger partial charge in [-0.3, -0.25) is 14.8 Å². The molecule has 4 rings (SSSR count). The van der Waals surface area contributed by atoms with Gasteiger partial charge >= 0.3 is 0 Å². The molecule has 5 nitrogen and oxygen atoms in total. The van der Waals surface area contributed by atoms with E-state index in [1.165, 1.54) is 11.3 Å². The predicted octanol–water partition coefficient (Wildman–Crippen LogP) is 2.42. The average Bonchev–Trinajstić information content (AvgIpc) is 3.04. The third-order valence-corrected chi connectivity index (χ3v) is 4.38. The minimum atomic E-state index is -0.0740. The number of rotatable bonds is 4. The smallest absolute Gasteiger partial charge is 0.251 e. The van der Waals surface area contributed by atoms with Crippen LogP contribution in [-0.2, 0) is 6.42 Å². The van der Waals surface area contributed by atoms with Crippen LogP contribution >= 0.6 is 0 Å². The quantitative estimate of drug-likeness (QED) is 0.802. The van der Waals surface area contributed by atoms with E-state index in [0.717, 1.165) is 30.5 Å². The number of hydrogen-bond acceptors (Lipinski definition) is 4. The SMILES string of the molecule is O=C(NCCN1CCc2ccccc21)c1ccc2nccnc2c1. The van der Waals surface area contributed by atoms with Crippen molar-refractivity contribution in [2.24, 2.45) is 0 Å². The maximum atomic E-state index is 12.3. The van der Waals surface area contributed by atoms with Crippen LogP contribution in [0.3, 0.4) is 0 Å². The van der Waals surface area contributed by atoms with E-state index in [2.05, 4.69) is 44.5 Å². The summed E-state index contributed by atoms with van der Waals surface area (Å²) in [7, 11) is 0. The Morgan fingerprint density at radius 3 is 2.83 bits per heavy atom. The summed E-state index contributed by atoms with van der Waals surface area (Å²) in [5.41, 5.74) is 4.82. The highest BCUT2D eigenvalue weighted by Gasteiger charge is 2.17. The molecule has 0 fully saturated rings. The first-order chi connectivity index (χ1) is 11.8. The molecule has 1 aliphatic heterocycles. The summed E-state index contributed by atoms with van der Waals surface area (Å²) in [5.74, 6) is -0.0740. The number of aromatic nitrogens is 2. The van der Waals surface area contributed by atoms with Crippen LogP contribution in [0.25, 0.3) is 11.0 Å². The van der Waals surface area contributed by atoms with Gasteiger partial charge in [-0.05, 0) is 36.2 Å². The molecule has 2 aromatic carbocycles. The van der Waals surface area contributed by atoms with E-state index in [1.807, 2.05) is 6.07 Å². The third-order valence-electron chi connectivity index (χ3n) is 4.38. The van der Waals surface area contributed by atoms with Crippen molar-refractivity contribution in [1.82, 2.24) is 15.3 Å². The Bertz CT molecular complexity index is 893. The molecule has 0 bridgehead atoms. The number of carbonyl (C=O) groups is 1. The molecule has 120 valence electrons. The largest absolute Gasteiger partial charge is 0.369 e. The molecule has 5 heteroatoms. The van der Waals surface area contributed by atoms with Crippen molar-refractivity contribution in [3.63, 3.8) is 0 Å². The molecule has 0 radical (unpaired) electrons. The topological polar surface area (TPSA) is 58.1 Å². The van der Waals surface area contributed by atoms with Gasteiger partial charge in [0, 0.05) is 43.3 Å². The van der Waals surface area contributed by atoms with Gasteiger partial charge in [0.05, 0.1) is 11.0 Å². The van der Waals surface area contributed by atoms with Crippen LogP contribution in [0.2, 0.25) is 0 Å². The zero-order chi connectivity index (χ0) is 16.4. The van der Waals surface area contributed by atoms with Crippen molar-refractivity contribution in [2.45, 2.75) is 6.42 Å². The number of nitrogens with zero attached hydrogens (tertiary/aromatic N) is 3. The van der Waals surface area contributed by atoms with Crippen LogP contribution in [0.4, 0.5) is 5.69 Å². The molecular formula is C19H18N4O. The molecule has 0 aliphatic carbocycles. The fourth-order valence-corrected chi connectivity index (χ4v) is 3.15. The summed E-state index contributed by atoms with van der Waals surface area (Å²) in [6.45, 7) is 2.45. The van der Waals surface area contributed by atoms with E-state index in [1.54, 1.807) is 24.5 Å². The second-order valence-corrected chi connectivity index (χ2v) is 5.88. The average molecular weight is 318 g/mol. The summed E-state index contributed by atoms with van der Waals surface area (Å²) in [6, 6.07) is 13.9. The van der Waals surface area contributed by atoms with E-state index < -0.39 is 0 Å². The zero-order valence-electron chi connectivity index (χ0n) is 13.3. The Labute approximate surface area is 140 Å². The molecule has 3 aromatic rings. The fourth-order valence-electron chi connectivity index (χ4n) is 3.15. The maximum absolute atomic E-state index is 12.3. The molecule has 24 heavy (non-hydrogen) atoms. The lowest BCUT2D eigenvalue weighted by Gasteiger charge is -2.19. The number of hydrogen-bond donors (Lipinski definition) is 1. The van der Waals surface area contributed by atoms with Crippen molar-refractivity contribution >= 4 is 22.6 Å². The van der Waals surface area contributed by atoms with Crippen molar-refractivity contribution in [1.29, 1.82) is 0 Å². The van der Waals surface area contributed by atoms with E-state index in [0.29, 0.717) is 12.1 Å². The van der Waals surface area contributed by atoms with Gasteiger partial charge in [0.25, 0.3) is 5.91 Å². The summed E-state index contributed by atoms with van der Waals surface area (Å²) in [4.78, 5) is 23.1. The van der Waals surface area contributed by atoms with Gasteiger partial charge in [-0.25, -0.2) is 0 Å². The number of benzene rings is 2. The highest BCUT2D eigenvalue weighted by molar-refractivity contribution is 5.97. The standard InChI is InChI=1S/C19H18N4O/c24-19(15-5-6-16-17(13-15)21-9-8-20-16)22-10-12-23-11-7-14-3-1-2-4-18(14)23/h1-6,8-9,13H,7,10-12H2,(H,22,24). The number of nitrogens with one attached hydrogen (secondary N) is 1. The highest BCUT2D eigenvalue weighted by atomic mass is 16.1. The monoisotopic (exact) mass is 318 g/mol. The molecule has 0 saturated carbocycles. The summed E-state index contributed by atoms with van der Waals surface area (Å²) < 4.78 is 0. The number of fused-ring (bicyclic) bond motifs is 2. The molecule has 0 spiro atoms. The van der Waals surface area contributed by atoms with Gasteiger partial charge in [-0.15, -0.1) is 0 Å². The van der Waals surface area contributed by atoms with Gasteiger partial charge in [0.1, 0.15) is 0 Å². The fraction of sp³-hybridized carbons (Fsp3) is 0.211. The predicted molar refractivity (Wildman–Crippen MR) is 94.2 cm³/mol. The normalized spacial score (nSPS) is 13.1. The Balaban J connectivity index is 1.38. The molecule has 0 atom stereocenters.